The second kappa shape index (κ2) is 13.5. The normalized spacial score (nSPS) is 12.3. The standard InChI is InChI=1S/C49H34N4/c1-3-43(40-18-13-17-39(32-40)34-15-5-4-6-16-34)50-46(41-19-8-7-14-33(41)2)37-27-23-35(24-28-37)36-25-29-38(30-26-36)47-49-48(42-20-9-10-21-44(42)51-47)52-45-22-11-12-31-53(45)49/h3-32H,1-2H2/b46-41-,50-43?. The molecule has 0 saturated carbocycles. The zero-order chi connectivity index (χ0) is 35.7. The van der Waals surface area contributed by atoms with Crippen LogP contribution < -0.4 is 10.4 Å². The molecular formula is C49H34N4. The van der Waals surface area contributed by atoms with E-state index in [2.05, 4.69) is 139 Å². The van der Waals surface area contributed by atoms with Gasteiger partial charge in [0, 0.05) is 33.5 Å². The van der Waals surface area contributed by atoms with Crippen LogP contribution in [0.2, 0.25) is 0 Å². The number of allylic oxidation sites excluding steroid dienone is 1. The molecule has 250 valence electrons. The topological polar surface area (TPSA) is 42.5 Å². The lowest BCUT2D eigenvalue weighted by atomic mass is 9.99. The molecule has 0 aliphatic heterocycles. The molecule has 0 aliphatic rings. The predicted molar refractivity (Wildman–Crippen MR) is 221 cm³/mol. The molecule has 0 radical (unpaired) electrons. The molecule has 53 heavy (non-hydrogen) atoms. The third-order valence-electron chi connectivity index (χ3n) is 9.76. The van der Waals surface area contributed by atoms with Gasteiger partial charge in [-0.3, -0.25) is 4.40 Å². The average Bonchev–Trinajstić information content (AvgIpc) is 3.62. The van der Waals surface area contributed by atoms with Crippen LogP contribution in [-0.4, -0.2) is 20.1 Å². The van der Waals surface area contributed by atoms with Crippen molar-refractivity contribution in [1.82, 2.24) is 14.4 Å². The first-order valence-corrected chi connectivity index (χ1v) is 17.7. The second-order valence-electron chi connectivity index (χ2n) is 13.0. The van der Waals surface area contributed by atoms with Crippen LogP contribution in [0, 0.1) is 0 Å². The minimum atomic E-state index is 0.795. The van der Waals surface area contributed by atoms with Crippen molar-refractivity contribution >= 4 is 45.6 Å². The van der Waals surface area contributed by atoms with Crippen LogP contribution in [0.25, 0.3) is 73.4 Å². The van der Waals surface area contributed by atoms with E-state index < -0.39 is 0 Å². The van der Waals surface area contributed by atoms with Crippen LogP contribution in [0.3, 0.4) is 0 Å². The van der Waals surface area contributed by atoms with Gasteiger partial charge in [-0.05, 0) is 57.8 Å². The minimum absolute atomic E-state index is 0.795. The Hall–Kier alpha value is -7.17. The Morgan fingerprint density at radius 3 is 2.02 bits per heavy atom. The number of para-hydroxylation sites is 1. The van der Waals surface area contributed by atoms with Crippen molar-refractivity contribution < 1.29 is 0 Å². The highest BCUT2D eigenvalue weighted by Crippen LogP contribution is 2.34. The van der Waals surface area contributed by atoms with E-state index in [0.717, 1.165) is 94.1 Å². The molecule has 9 aromatic rings. The van der Waals surface area contributed by atoms with E-state index in [9.17, 15) is 0 Å². The lowest BCUT2D eigenvalue weighted by Crippen LogP contribution is -2.25. The maximum atomic E-state index is 5.27. The van der Waals surface area contributed by atoms with Crippen molar-refractivity contribution in [3.63, 3.8) is 0 Å². The SMILES string of the molecule is C=CC(=N/C(c1ccc(-c2ccc(-c3nc4ccccc4c4nc5ccccn5c34)cc2)cc1)=c1/ccccc1=C)c1cccc(-c2ccccc2)c1. The zero-order valence-corrected chi connectivity index (χ0v) is 29.0. The molecule has 0 atom stereocenters. The highest BCUT2D eigenvalue weighted by atomic mass is 15.0. The Morgan fingerprint density at radius 2 is 1.23 bits per heavy atom. The number of hydrogen-bond donors (Lipinski definition) is 0. The van der Waals surface area contributed by atoms with E-state index in [1.807, 2.05) is 60.7 Å². The Labute approximate surface area is 307 Å². The number of pyridine rings is 2. The summed E-state index contributed by atoms with van der Waals surface area (Å²) >= 11 is 0. The van der Waals surface area contributed by atoms with Gasteiger partial charge in [-0.1, -0.05) is 159 Å². The van der Waals surface area contributed by atoms with Gasteiger partial charge >= 0.3 is 0 Å². The second-order valence-corrected chi connectivity index (χ2v) is 13.0. The molecule has 0 spiro atoms. The fourth-order valence-corrected chi connectivity index (χ4v) is 7.07. The van der Waals surface area contributed by atoms with Crippen molar-refractivity contribution in [3.05, 3.63) is 210 Å². The van der Waals surface area contributed by atoms with Crippen molar-refractivity contribution in [2.75, 3.05) is 0 Å². The number of fused-ring (bicyclic) bond motifs is 5. The van der Waals surface area contributed by atoms with E-state index in [4.69, 9.17) is 15.0 Å². The molecule has 3 heterocycles. The molecule has 4 nitrogen and oxygen atoms in total. The molecule has 0 saturated heterocycles. The largest absolute Gasteiger partial charge is 0.298 e. The quantitative estimate of drug-likeness (QED) is 0.158. The molecule has 0 aliphatic carbocycles. The number of aromatic nitrogens is 3. The summed E-state index contributed by atoms with van der Waals surface area (Å²) in [7, 11) is 0. The molecule has 0 amide bonds. The number of imidazole rings is 1. The molecule has 0 bridgehead atoms. The summed E-state index contributed by atoms with van der Waals surface area (Å²) < 4.78 is 2.13. The summed E-state index contributed by atoms with van der Waals surface area (Å²) in [4.78, 5) is 15.4. The molecule has 3 aromatic heterocycles. The van der Waals surface area contributed by atoms with E-state index in [1.54, 1.807) is 0 Å². The number of aliphatic imine (C=N–C) groups is 1. The highest BCUT2D eigenvalue weighted by Gasteiger charge is 2.16. The van der Waals surface area contributed by atoms with Gasteiger partial charge in [-0.25, -0.2) is 15.0 Å². The molecule has 0 unspecified atom stereocenters. The Bertz CT molecular complexity index is 2960. The van der Waals surface area contributed by atoms with Crippen molar-refractivity contribution in [2.45, 2.75) is 0 Å². The Morgan fingerprint density at radius 1 is 0.566 bits per heavy atom. The van der Waals surface area contributed by atoms with Crippen LogP contribution in [0.1, 0.15) is 11.1 Å². The lowest BCUT2D eigenvalue weighted by molar-refractivity contribution is 1.22. The monoisotopic (exact) mass is 678 g/mol. The fraction of sp³-hybridized carbons (Fsp3) is 0. The molecule has 0 fully saturated rings. The van der Waals surface area contributed by atoms with E-state index in [0.29, 0.717) is 0 Å². The first-order chi connectivity index (χ1) is 26.1. The van der Waals surface area contributed by atoms with Gasteiger partial charge in [0.15, 0.2) is 0 Å². The van der Waals surface area contributed by atoms with Crippen LogP contribution in [0.4, 0.5) is 0 Å². The first-order valence-electron chi connectivity index (χ1n) is 17.7. The molecular weight excluding hydrogens is 645 g/mol. The van der Waals surface area contributed by atoms with E-state index >= 15 is 0 Å². The van der Waals surface area contributed by atoms with Gasteiger partial charge in [0.1, 0.15) is 11.2 Å². The Balaban J connectivity index is 1.09. The number of nitrogens with zero attached hydrogens (tertiary/aromatic N) is 4. The van der Waals surface area contributed by atoms with E-state index in [-0.39, 0.29) is 0 Å². The van der Waals surface area contributed by atoms with Crippen molar-refractivity contribution in [3.8, 4) is 33.5 Å². The van der Waals surface area contributed by atoms with Crippen LogP contribution >= 0.6 is 0 Å². The van der Waals surface area contributed by atoms with Gasteiger partial charge in [-0.15, -0.1) is 0 Å². The van der Waals surface area contributed by atoms with Gasteiger partial charge in [0.05, 0.1) is 28.1 Å². The average molecular weight is 679 g/mol. The van der Waals surface area contributed by atoms with E-state index in [1.165, 1.54) is 0 Å². The summed E-state index contributed by atoms with van der Waals surface area (Å²) in [5.41, 5.74) is 13.9. The van der Waals surface area contributed by atoms with Gasteiger partial charge in [0.25, 0.3) is 0 Å². The fourth-order valence-electron chi connectivity index (χ4n) is 7.07. The summed E-state index contributed by atoms with van der Waals surface area (Å²) in [6.07, 6.45) is 3.89. The molecule has 0 N–H and O–H groups in total. The van der Waals surface area contributed by atoms with Crippen LogP contribution in [-0.2, 0) is 0 Å². The smallest absolute Gasteiger partial charge is 0.137 e. The molecule has 9 rings (SSSR count). The number of benzene rings is 6. The maximum absolute atomic E-state index is 5.27. The minimum Gasteiger partial charge on any atom is -0.298 e. The maximum Gasteiger partial charge on any atom is 0.137 e. The first kappa shape index (κ1) is 31.8. The summed E-state index contributed by atoms with van der Waals surface area (Å²) in [6.45, 7) is 8.51. The van der Waals surface area contributed by atoms with Crippen molar-refractivity contribution in [2.24, 2.45) is 4.99 Å². The van der Waals surface area contributed by atoms with Crippen LogP contribution in [0.5, 0.6) is 0 Å². The zero-order valence-electron chi connectivity index (χ0n) is 29.0. The summed E-state index contributed by atoms with van der Waals surface area (Å²) in [5, 5.41) is 2.94. The molecule has 6 aromatic carbocycles. The molecule has 4 heteroatoms. The summed E-state index contributed by atoms with van der Waals surface area (Å²) in [6, 6.07) is 58.5. The Kier molecular flexibility index (Phi) is 8.10. The van der Waals surface area contributed by atoms with Gasteiger partial charge < -0.3 is 0 Å². The van der Waals surface area contributed by atoms with Gasteiger partial charge in [0.2, 0.25) is 0 Å². The third kappa shape index (κ3) is 5.92. The highest BCUT2D eigenvalue weighted by molar-refractivity contribution is 6.11. The number of hydrogen-bond acceptors (Lipinski definition) is 3. The summed E-state index contributed by atoms with van der Waals surface area (Å²) in [5.74, 6) is 0. The van der Waals surface area contributed by atoms with Crippen molar-refractivity contribution in [1.29, 1.82) is 0 Å². The predicted octanol–water partition coefficient (Wildman–Crippen LogP) is 10.3. The van der Waals surface area contributed by atoms with Crippen LogP contribution in [0.15, 0.2) is 194 Å². The lowest BCUT2D eigenvalue weighted by Gasteiger charge is -2.11. The number of rotatable bonds is 7. The van der Waals surface area contributed by atoms with Gasteiger partial charge in [-0.2, -0.15) is 0 Å². The third-order valence-corrected chi connectivity index (χ3v) is 9.76.